The van der Waals surface area contributed by atoms with Crippen molar-refractivity contribution in [1.29, 1.82) is 0 Å². The lowest BCUT2D eigenvalue weighted by Gasteiger charge is -2.28. The maximum atomic E-state index is 13.2. The van der Waals surface area contributed by atoms with Gasteiger partial charge in [0.05, 0.1) is 17.2 Å². The van der Waals surface area contributed by atoms with Gasteiger partial charge in [0.1, 0.15) is 11.8 Å². The Kier molecular flexibility index (Phi) is 4.82. The molecule has 0 saturated carbocycles. The molecule has 0 fully saturated rings. The number of carbonyl (C=O) groups is 1. The number of hydrogen-bond donors (Lipinski definition) is 2. The number of benzene rings is 2. The number of tetrazole rings is 1. The molecule has 9 heteroatoms. The summed E-state index contributed by atoms with van der Waals surface area (Å²) in [6, 6.07) is 14.5. The van der Waals surface area contributed by atoms with Crippen molar-refractivity contribution in [3.8, 4) is 5.75 Å². The minimum atomic E-state index is -0.489. The zero-order chi connectivity index (χ0) is 19.7. The molecule has 0 radical (unpaired) electrons. The molecule has 142 valence electrons. The average molecular weight is 441 g/mol. The predicted molar refractivity (Wildman–Crippen MR) is 108 cm³/mol. The topological polar surface area (TPSA) is 94.0 Å². The zero-order valence-corrected chi connectivity index (χ0v) is 16.8. The van der Waals surface area contributed by atoms with E-state index >= 15 is 0 Å². The minimum absolute atomic E-state index is 0.228. The SMILES string of the molecule is COc1ccc([C@@H]2C(C(=O)Nc3ccccc3)=C(C)Nc3nnnn32)cc1Br. The van der Waals surface area contributed by atoms with Crippen molar-refractivity contribution in [2.75, 3.05) is 17.7 Å². The van der Waals surface area contributed by atoms with Crippen LogP contribution in [0.25, 0.3) is 0 Å². The van der Waals surface area contributed by atoms with Crippen LogP contribution in [-0.2, 0) is 4.79 Å². The molecule has 0 aliphatic carbocycles. The molecule has 0 spiro atoms. The Bertz CT molecular complexity index is 1060. The fourth-order valence-corrected chi connectivity index (χ4v) is 3.75. The second kappa shape index (κ2) is 7.43. The van der Waals surface area contributed by atoms with Gasteiger partial charge in [-0.15, -0.1) is 0 Å². The van der Waals surface area contributed by atoms with Crippen LogP contribution < -0.4 is 15.4 Å². The summed E-state index contributed by atoms with van der Waals surface area (Å²) >= 11 is 3.51. The lowest BCUT2D eigenvalue weighted by molar-refractivity contribution is -0.113. The highest BCUT2D eigenvalue weighted by Gasteiger charge is 2.34. The Morgan fingerprint density at radius 1 is 1.25 bits per heavy atom. The zero-order valence-electron chi connectivity index (χ0n) is 15.2. The predicted octanol–water partition coefficient (Wildman–Crippen LogP) is 3.37. The van der Waals surface area contributed by atoms with Gasteiger partial charge in [0.2, 0.25) is 5.95 Å². The summed E-state index contributed by atoms with van der Waals surface area (Å²) in [5.74, 6) is 0.950. The lowest BCUT2D eigenvalue weighted by Crippen LogP contribution is -2.31. The third-order valence-electron chi connectivity index (χ3n) is 4.48. The van der Waals surface area contributed by atoms with E-state index in [4.69, 9.17) is 4.74 Å². The molecule has 3 aromatic rings. The number of nitrogens with zero attached hydrogens (tertiary/aromatic N) is 4. The van der Waals surface area contributed by atoms with E-state index in [1.165, 1.54) is 0 Å². The highest BCUT2D eigenvalue weighted by Crippen LogP contribution is 2.37. The molecule has 1 aliphatic rings. The van der Waals surface area contributed by atoms with Crippen molar-refractivity contribution < 1.29 is 9.53 Å². The van der Waals surface area contributed by atoms with Crippen molar-refractivity contribution in [3.05, 3.63) is 69.8 Å². The van der Waals surface area contributed by atoms with Gasteiger partial charge in [-0.2, -0.15) is 4.68 Å². The highest BCUT2D eigenvalue weighted by atomic mass is 79.9. The number of nitrogens with one attached hydrogen (secondary N) is 2. The molecule has 0 bridgehead atoms. The molecule has 2 heterocycles. The smallest absolute Gasteiger partial charge is 0.255 e. The Hall–Kier alpha value is -3.20. The van der Waals surface area contributed by atoms with Crippen molar-refractivity contribution in [1.82, 2.24) is 20.2 Å². The van der Waals surface area contributed by atoms with Crippen LogP contribution in [0.4, 0.5) is 11.6 Å². The van der Waals surface area contributed by atoms with Crippen molar-refractivity contribution in [2.45, 2.75) is 13.0 Å². The molecule has 0 saturated heterocycles. The molecule has 1 atom stereocenters. The average Bonchev–Trinajstić information content (AvgIpc) is 3.15. The molecule has 8 nitrogen and oxygen atoms in total. The fourth-order valence-electron chi connectivity index (χ4n) is 3.19. The van der Waals surface area contributed by atoms with E-state index in [9.17, 15) is 4.79 Å². The maximum Gasteiger partial charge on any atom is 0.255 e. The number of hydrogen-bond acceptors (Lipinski definition) is 6. The lowest BCUT2D eigenvalue weighted by atomic mass is 9.95. The number of halogens is 1. The Morgan fingerprint density at radius 3 is 2.75 bits per heavy atom. The molecule has 4 rings (SSSR count). The number of rotatable bonds is 4. The summed E-state index contributed by atoms with van der Waals surface area (Å²) in [5.41, 5.74) is 2.78. The second-order valence-corrected chi connectivity index (χ2v) is 7.08. The van der Waals surface area contributed by atoms with Gasteiger partial charge in [0.25, 0.3) is 5.91 Å². The summed E-state index contributed by atoms with van der Waals surface area (Å²) in [4.78, 5) is 13.2. The van der Waals surface area contributed by atoms with Gasteiger partial charge >= 0.3 is 0 Å². The van der Waals surface area contributed by atoms with Gasteiger partial charge in [0.15, 0.2) is 0 Å². The molecule has 1 aliphatic heterocycles. The number of fused-ring (bicyclic) bond motifs is 1. The highest BCUT2D eigenvalue weighted by molar-refractivity contribution is 9.10. The standard InChI is InChI=1S/C19H17BrN6O2/c1-11-16(18(27)22-13-6-4-3-5-7-13)17(26-19(21-11)23-24-25-26)12-8-9-15(28-2)14(20)10-12/h3-10,17H,1-2H3,(H,22,27)(H,21,23,25)/t17-/m1/s1. The number of para-hydroxylation sites is 1. The number of aromatic nitrogens is 4. The van der Waals surface area contributed by atoms with E-state index in [0.717, 1.165) is 10.0 Å². The van der Waals surface area contributed by atoms with Gasteiger partial charge < -0.3 is 15.4 Å². The molecule has 2 aromatic carbocycles. The van der Waals surface area contributed by atoms with Gasteiger partial charge in [-0.1, -0.05) is 29.4 Å². The Morgan fingerprint density at radius 2 is 2.04 bits per heavy atom. The van der Waals surface area contributed by atoms with Crippen LogP contribution in [0.1, 0.15) is 18.5 Å². The molecular formula is C19H17BrN6O2. The summed E-state index contributed by atoms with van der Waals surface area (Å²) < 4.78 is 7.70. The first-order valence-electron chi connectivity index (χ1n) is 8.54. The van der Waals surface area contributed by atoms with E-state index in [0.29, 0.717) is 28.7 Å². The van der Waals surface area contributed by atoms with Crippen LogP contribution >= 0.6 is 15.9 Å². The molecule has 1 amide bonds. The van der Waals surface area contributed by atoms with Crippen molar-refractivity contribution >= 4 is 33.5 Å². The van der Waals surface area contributed by atoms with E-state index in [2.05, 4.69) is 42.1 Å². The quantitative estimate of drug-likeness (QED) is 0.645. The summed E-state index contributed by atoms with van der Waals surface area (Å²) in [6.07, 6.45) is 0. The van der Waals surface area contributed by atoms with E-state index < -0.39 is 6.04 Å². The summed E-state index contributed by atoms with van der Waals surface area (Å²) in [7, 11) is 1.60. The molecule has 28 heavy (non-hydrogen) atoms. The molecular weight excluding hydrogens is 424 g/mol. The number of anilines is 2. The Labute approximate surface area is 169 Å². The van der Waals surface area contributed by atoms with E-state index in [1.807, 2.05) is 55.5 Å². The number of ether oxygens (including phenoxy) is 1. The van der Waals surface area contributed by atoms with Crippen LogP contribution in [0.2, 0.25) is 0 Å². The van der Waals surface area contributed by atoms with Gasteiger partial charge in [-0.05, 0) is 63.1 Å². The molecule has 1 aromatic heterocycles. The van der Waals surface area contributed by atoms with Gasteiger partial charge in [-0.3, -0.25) is 4.79 Å². The fraction of sp³-hybridized carbons (Fsp3) is 0.158. The van der Waals surface area contributed by atoms with Crippen molar-refractivity contribution in [2.24, 2.45) is 0 Å². The third kappa shape index (κ3) is 3.24. The van der Waals surface area contributed by atoms with Crippen LogP contribution in [0.5, 0.6) is 5.75 Å². The second-order valence-electron chi connectivity index (χ2n) is 6.23. The maximum absolute atomic E-state index is 13.2. The monoisotopic (exact) mass is 440 g/mol. The number of allylic oxidation sites excluding steroid dienone is 1. The van der Waals surface area contributed by atoms with Crippen LogP contribution in [0.15, 0.2) is 64.3 Å². The first-order valence-corrected chi connectivity index (χ1v) is 9.33. The largest absolute Gasteiger partial charge is 0.496 e. The summed E-state index contributed by atoms with van der Waals surface area (Å²) in [5, 5.41) is 17.9. The van der Waals surface area contributed by atoms with E-state index in [1.54, 1.807) is 11.8 Å². The van der Waals surface area contributed by atoms with Crippen LogP contribution in [0, 0.1) is 0 Å². The summed E-state index contributed by atoms with van der Waals surface area (Å²) in [6.45, 7) is 1.84. The third-order valence-corrected chi connectivity index (χ3v) is 5.10. The molecule has 2 N–H and O–H groups in total. The van der Waals surface area contributed by atoms with Gasteiger partial charge in [0, 0.05) is 11.4 Å². The number of carbonyl (C=O) groups excluding carboxylic acids is 1. The number of methoxy groups -OCH3 is 1. The number of amides is 1. The normalized spacial score (nSPS) is 15.6. The van der Waals surface area contributed by atoms with Crippen molar-refractivity contribution in [3.63, 3.8) is 0 Å². The van der Waals surface area contributed by atoms with Crippen LogP contribution in [-0.4, -0.2) is 33.2 Å². The first kappa shape index (κ1) is 18.2. The first-order chi connectivity index (χ1) is 13.6. The van der Waals surface area contributed by atoms with E-state index in [-0.39, 0.29) is 5.91 Å². The van der Waals surface area contributed by atoms with Crippen LogP contribution in [0.3, 0.4) is 0 Å². The minimum Gasteiger partial charge on any atom is -0.496 e. The molecule has 0 unspecified atom stereocenters. The Balaban J connectivity index is 1.78. The van der Waals surface area contributed by atoms with Gasteiger partial charge in [-0.25, -0.2) is 0 Å².